The molecule has 0 radical (unpaired) electrons. The van der Waals surface area contributed by atoms with E-state index in [1.54, 1.807) is 0 Å². The minimum absolute atomic E-state index is 0.0579. The van der Waals surface area contributed by atoms with Gasteiger partial charge in [-0.25, -0.2) is 4.79 Å². The number of hydrogen-bond acceptors (Lipinski definition) is 2. The van der Waals surface area contributed by atoms with Gasteiger partial charge in [-0.2, -0.15) is 0 Å². The summed E-state index contributed by atoms with van der Waals surface area (Å²) in [6, 6.07) is 1.17. The van der Waals surface area contributed by atoms with E-state index in [1.165, 1.54) is 10.6 Å². The third-order valence-corrected chi connectivity index (χ3v) is 4.34. The first-order chi connectivity index (χ1) is 7.19. The van der Waals surface area contributed by atoms with Crippen molar-refractivity contribution in [2.45, 2.75) is 33.7 Å². The van der Waals surface area contributed by atoms with Crippen molar-refractivity contribution in [1.29, 1.82) is 0 Å². The first-order valence-corrected chi connectivity index (χ1v) is 5.59. The number of aromatic nitrogens is 2. The standard InChI is InChI=1S/C11H15ClN2O2/c1-10(2)8(11(10,3)4)14-7(15)5-6(12)13-9(14)16/h5,8H,1-4H3,(H,13,16). The molecule has 1 N–H and O–H groups in total. The van der Waals surface area contributed by atoms with Crippen LogP contribution in [0.15, 0.2) is 15.7 Å². The van der Waals surface area contributed by atoms with Crippen LogP contribution in [0.3, 0.4) is 0 Å². The fraction of sp³-hybridized carbons (Fsp3) is 0.636. The Bertz CT molecular complexity index is 509. The van der Waals surface area contributed by atoms with E-state index in [2.05, 4.69) is 32.7 Å². The maximum absolute atomic E-state index is 11.8. The van der Waals surface area contributed by atoms with Crippen LogP contribution in [0.25, 0.3) is 0 Å². The van der Waals surface area contributed by atoms with Gasteiger partial charge in [-0.15, -0.1) is 0 Å². The van der Waals surface area contributed by atoms with Gasteiger partial charge in [-0.1, -0.05) is 39.3 Å². The van der Waals surface area contributed by atoms with Crippen LogP contribution in [0.1, 0.15) is 33.7 Å². The van der Waals surface area contributed by atoms with E-state index in [0.717, 1.165) is 0 Å². The van der Waals surface area contributed by atoms with Gasteiger partial charge in [0.2, 0.25) is 0 Å². The molecule has 0 unspecified atom stereocenters. The summed E-state index contributed by atoms with van der Waals surface area (Å²) in [5.74, 6) is 0. The fourth-order valence-electron chi connectivity index (χ4n) is 2.53. The van der Waals surface area contributed by atoms with E-state index in [1.807, 2.05) is 0 Å². The Labute approximate surface area is 98.3 Å². The van der Waals surface area contributed by atoms with Crippen molar-refractivity contribution in [1.82, 2.24) is 9.55 Å². The molecule has 1 fully saturated rings. The van der Waals surface area contributed by atoms with Gasteiger partial charge in [-0.3, -0.25) is 14.3 Å². The molecule has 1 aromatic rings. The molecule has 5 heteroatoms. The molecule has 2 rings (SSSR count). The predicted molar refractivity (Wildman–Crippen MR) is 62.9 cm³/mol. The fourth-order valence-corrected chi connectivity index (χ4v) is 2.70. The first-order valence-electron chi connectivity index (χ1n) is 5.21. The van der Waals surface area contributed by atoms with Crippen LogP contribution in [0.2, 0.25) is 5.15 Å². The summed E-state index contributed by atoms with van der Waals surface area (Å²) in [6.45, 7) is 8.21. The normalized spacial score (nSPS) is 22.1. The minimum Gasteiger partial charge on any atom is -0.298 e. The highest BCUT2D eigenvalue weighted by molar-refractivity contribution is 6.29. The molecular formula is C11H15ClN2O2. The van der Waals surface area contributed by atoms with Crippen molar-refractivity contribution < 1.29 is 0 Å². The van der Waals surface area contributed by atoms with Crippen molar-refractivity contribution in [3.05, 3.63) is 32.1 Å². The topological polar surface area (TPSA) is 54.9 Å². The molecular weight excluding hydrogens is 228 g/mol. The Kier molecular flexibility index (Phi) is 2.15. The number of halogens is 1. The molecule has 4 nitrogen and oxygen atoms in total. The lowest BCUT2D eigenvalue weighted by atomic mass is 10.0. The second-order valence-electron chi connectivity index (χ2n) is 5.48. The first kappa shape index (κ1) is 11.5. The van der Waals surface area contributed by atoms with Gasteiger partial charge in [0.1, 0.15) is 5.15 Å². The molecule has 1 aromatic heterocycles. The maximum Gasteiger partial charge on any atom is 0.329 e. The van der Waals surface area contributed by atoms with Crippen LogP contribution in [0.4, 0.5) is 0 Å². The van der Waals surface area contributed by atoms with Crippen molar-refractivity contribution in [2.75, 3.05) is 0 Å². The molecule has 0 saturated heterocycles. The molecule has 0 aromatic carbocycles. The highest BCUT2D eigenvalue weighted by Crippen LogP contribution is 2.70. The van der Waals surface area contributed by atoms with Crippen molar-refractivity contribution in [2.24, 2.45) is 10.8 Å². The van der Waals surface area contributed by atoms with Crippen molar-refractivity contribution >= 4 is 11.6 Å². The van der Waals surface area contributed by atoms with Gasteiger partial charge in [0, 0.05) is 6.07 Å². The molecule has 16 heavy (non-hydrogen) atoms. The number of rotatable bonds is 1. The molecule has 88 valence electrons. The van der Waals surface area contributed by atoms with E-state index in [4.69, 9.17) is 11.6 Å². The number of hydrogen-bond donors (Lipinski definition) is 1. The van der Waals surface area contributed by atoms with E-state index in [0.29, 0.717) is 0 Å². The summed E-state index contributed by atoms with van der Waals surface area (Å²) in [5, 5.41) is 0.0857. The lowest BCUT2D eigenvalue weighted by Gasteiger charge is -2.05. The van der Waals surface area contributed by atoms with E-state index in [9.17, 15) is 9.59 Å². The minimum atomic E-state index is -0.429. The van der Waals surface area contributed by atoms with Gasteiger partial charge >= 0.3 is 5.69 Å². The van der Waals surface area contributed by atoms with E-state index >= 15 is 0 Å². The zero-order valence-corrected chi connectivity index (χ0v) is 10.6. The van der Waals surface area contributed by atoms with Crippen molar-refractivity contribution in [3.8, 4) is 0 Å². The average Bonchev–Trinajstić information content (AvgIpc) is 2.46. The molecule has 1 aliphatic rings. The molecule has 0 spiro atoms. The Balaban J connectivity index is 2.62. The van der Waals surface area contributed by atoms with Gasteiger partial charge in [0.05, 0.1) is 6.04 Å². The van der Waals surface area contributed by atoms with Crippen LogP contribution in [-0.4, -0.2) is 9.55 Å². The Morgan fingerprint density at radius 2 is 1.75 bits per heavy atom. The SMILES string of the molecule is CC1(C)C(n2c(=O)cc(Cl)[nH]c2=O)C1(C)C. The lowest BCUT2D eigenvalue weighted by molar-refractivity contribution is 0.457. The number of H-pyrrole nitrogens is 1. The maximum atomic E-state index is 11.8. The van der Waals surface area contributed by atoms with Crippen LogP contribution in [-0.2, 0) is 0 Å². The Morgan fingerprint density at radius 1 is 1.25 bits per heavy atom. The number of nitrogens with zero attached hydrogens (tertiary/aromatic N) is 1. The molecule has 1 heterocycles. The number of aromatic amines is 1. The van der Waals surface area contributed by atoms with Crippen molar-refractivity contribution in [3.63, 3.8) is 0 Å². The van der Waals surface area contributed by atoms with Crippen LogP contribution >= 0.6 is 11.6 Å². The second-order valence-corrected chi connectivity index (χ2v) is 5.88. The summed E-state index contributed by atoms with van der Waals surface area (Å²) >= 11 is 5.62. The Morgan fingerprint density at radius 3 is 2.12 bits per heavy atom. The van der Waals surface area contributed by atoms with Crippen LogP contribution in [0, 0.1) is 10.8 Å². The summed E-state index contributed by atoms with van der Waals surface area (Å²) in [7, 11) is 0. The van der Waals surface area contributed by atoms with Crippen LogP contribution in [0.5, 0.6) is 0 Å². The summed E-state index contributed by atoms with van der Waals surface area (Å²) in [5.41, 5.74) is -0.881. The summed E-state index contributed by atoms with van der Waals surface area (Å²) in [4.78, 5) is 26.0. The van der Waals surface area contributed by atoms with Gasteiger partial charge in [0.15, 0.2) is 0 Å². The zero-order valence-electron chi connectivity index (χ0n) is 9.80. The summed E-state index contributed by atoms with van der Waals surface area (Å²) < 4.78 is 1.27. The third-order valence-electron chi connectivity index (χ3n) is 4.14. The zero-order chi connectivity index (χ0) is 12.3. The molecule has 1 saturated carbocycles. The molecule has 0 aliphatic heterocycles. The summed E-state index contributed by atoms with van der Waals surface area (Å²) in [6.07, 6.45) is 0. The number of nitrogens with one attached hydrogen (secondary N) is 1. The largest absolute Gasteiger partial charge is 0.329 e. The predicted octanol–water partition coefficient (Wildman–Crippen LogP) is 1.80. The molecule has 0 amide bonds. The average molecular weight is 243 g/mol. The van der Waals surface area contributed by atoms with E-state index < -0.39 is 5.69 Å². The quantitative estimate of drug-likeness (QED) is 0.764. The molecule has 1 aliphatic carbocycles. The third kappa shape index (κ3) is 1.29. The van der Waals surface area contributed by atoms with Gasteiger partial charge in [0.25, 0.3) is 5.56 Å². The molecule has 0 atom stereocenters. The van der Waals surface area contributed by atoms with E-state index in [-0.39, 0.29) is 27.6 Å². The van der Waals surface area contributed by atoms with Gasteiger partial charge < -0.3 is 0 Å². The van der Waals surface area contributed by atoms with Crippen LogP contribution < -0.4 is 11.2 Å². The highest BCUT2D eigenvalue weighted by Gasteiger charge is 2.66. The monoisotopic (exact) mass is 242 g/mol. The smallest absolute Gasteiger partial charge is 0.298 e. The lowest BCUT2D eigenvalue weighted by Crippen LogP contribution is -2.35. The second kappa shape index (κ2) is 3.00. The highest BCUT2D eigenvalue weighted by atomic mass is 35.5. The van der Waals surface area contributed by atoms with Gasteiger partial charge in [-0.05, 0) is 10.8 Å². The molecule has 0 bridgehead atoms. The Hall–Kier alpha value is -1.03.